The zero-order valence-electron chi connectivity index (χ0n) is 12.5. The highest BCUT2D eigenvalue weighted by Gasteiger charge is 2.25. The van der Waals surface area contributed by atoms with E-state index in [0.29, 0.717) is 19.5 Å². The van der Waals surface area contributed by atoms with Gasteiger partial charge in [0.25, 0.3) is 0 Å². The quantitative estimate of drug-likeness (QED) is 0.626. The highest BCUT2D eigenvalue weighted by molar-refractivity contribution is 5.78. The summed E-state index contributed by atoms with van der Waals surface area (Å²) < 4.78 is 0. The third-order valence-corrected chi connectivity index (χ3v) is 3.52. The van der Waals surface area contributed by atoms with Gasteiger partial charge in [-0.25, -0.2) is 0 Å². The predicted molar refractivity (Wildman–Crippen MR) is 75.7 cm³/mol. The summed E-state index contributed by atoms with van der Waals surface area (Å²) in [5.74, 6) is -0.701. The van der Waals surface area contributed by atoms with E-state index in [4.69, 9.17) is 10.8 Å². The Hall–Kier alpha value is -1.10. The Labute approximate surface area is 115 Å². The molecule has 0 spiro atoms. The lowest BCUT2D eigenvalue weighted by Crippen LogP contribution is -2.35. The van der Waals surface area contributed by atoms with Crippen LogP contribution in [0.3, 0.4) is 0 Å². The van der Waals surface area contributed by atoms with Gasteiger partial charge in [0.2, 0.25) is 5.91 Å². The molecule has 0 aliphatic rings. The minimum Gasteiger partial charge on any atom is -0.481 e. The van der Waals surface area contributed by atoms with Gasteiger partial charge >= 0.3 is 5.97 Å². The number of nitrogens with two attached hydrogens (primary N) is 1. The van der Waals surface area contributed by atoms with Gasteiger partial charge < -0.3 is 16.2 Å². The summed E-state index contributed by atoms with van der Waals surface area (Å²) in [5, 5.41) is 11.6. The molecule has 0 rings (SSSR count). The lowest BCUT2D eigenvalue weighted by Gasteiger charge is -2.30. The number of nitrogens with one attached hydrogen (secondary N) is 1. The molecule has 0 aliphatic heterocycles. The molecule has 0 aromatic heterocycles. The first-order valence-corrected chi connectivity index (χ1v) is 6.88. The molecule has 0 saturated heterocycles. The average molecular weight is 272 g/mol. The molecule has 0 heterocycles. The maximum absolute atomic E-state index is 11.6. The first-order chi connectivity index (χ1) is 8.68. The summed E-state index contributed by atoms with van der Waals surface area (Å²) >= 11 is 0. The van der Waals surface area contributed by atoms with Crippen LogP contribution in [0.1, 0.15) is 47.0 Å². The van der Waals surface area contributed by atoms with E-state index >= 15 is 0 Å². The Kier molecular flexibility index (Phi) is 7.68. The SMILES string of the molecule is CC(CN)C(=O)NCCC(CCC(=O)O)C(C)(C)C. The van der Waals surface area contributed by atoms with Crippen LogP contribution in [-0.4, -0.2) is 30.1 Å². The Morgan fingerprint density at radius 1 is 1.26 bits per heavy atom. The molecular formula is C14H28N2O3. The van der Waals surface area contributed by atoms with Crippen molar-refractivity contribution in [1.29, 1.82) is 0 Å². The Bertz CT molecular complexity index is 298. The van der Waals surface area contributed by atoms with E-state index in [-0.39, 0.29) is 29.6 Å². The Morgan fingerprint density at radius 2 is 1.84 bits per heavy atom. The number of aliphatic carboxylic acids is 1. The van der Waals surface area contributed by atoms with E-state index in [1.165, 1.54) is 0 Å². The van der Waals surface area contributed by atoms with Crippen molar-refractivity contribution in [3.8, 4) is 0 Å². The monoisotopic (exact) mass is 272 g/mol. The summed E-state index contributed by atoms with van der Waals surface area (Å²) in [4.78, 5) is 22.2. The van der Waals surface area contributed by atoms with Crippen LogP contribution < -0.4 is 11.1 Å². The van der Waals surface area contributed by atoms with Crippen molar-refractivity contribution in [2.75, 3.05) is 13.1 Å². The lowest BCUT2D eigenvalue weighted by molar-refractivity contribution is -0.137. The third kappa shape index (κ3) is 7.82. The fraction of sp³-hybridized carbons (Fsp3) is 0.857. The molecule has 0 saturated carbocycles. The number of carboxylic acids is 1. The Morgan fingerprint density at radius 3 is 2.26 bits per heavy atom. The lowest BCUT2D eigenvalue weighted by atomic mass is 9.76. The summed E-state index contributed by atoms with van der Waals surface area (Å²) in [7, 11) is 0. The van der Waals surface area contributed by atoms with Gasteiger partial charge in [0.05, 0.1) is 0 Å². The highest BCUT2D eigenvalue weighted by atomic mass is 16.4. The van der Waals surface area contributed by atoms with Crippen molar-refractivity contribution in [2.45, 2.75) is 47.0 Å². The largest absolute Gasteiger partial charge is 0.481 e. The number of hydrogen-bond donors (Lipinski definition) is 3. The summed E-state index contributed by atoms with van der Waals surface area (Å²) in [5.41, 5.74) is 5.47. The molecule has 0 bridgehead atoms. The van der Waals surface area contributed by atoms with Crippen molar-refractivity contribution in [2.24, 2.45) is 23.0 Å². The number of amides is 1. The molecule has 0 aliphatic carbocycles. The second-order valence-corrected chi connectivity index (χ2v) is 6.21. The van der Waals surface area contributed by atoms with Gasteiger partial charge in [0.1, 0.15) is 0 Å². The molecule has 0 fully saturated rings. The fourth-order valence-corrected chi connectivity index (χ4v) is 1.96. The number of carboxylic acid groups (broad SMARTS) is 1. The van der Waals surface area contributed by atoms with Crippen molar-refractivity contribution in [3.05, 3.63) is 0 Å². The molecule has 19 heavy (non-hydrogen) atoms. The third-order valence-electron chi connectivity index (χ3n) is 3.52. The van der Waals surface area contributed by atoms with E-state index in [1.807, 2.05) is 0 Å². The van der Waals surface area contributed by atoms with Crippen molar-refractivity contribution >= 4 is 11.9 Å². The van der Waals surface area contributed by atoms with Crippen LogP contribution in [0.25, 0.3) is 0 Å². The average Bonchev–Trinajstić information content (AvgIpc) is 2.30. The van der Waals surface area contributed by atoms with Gasteiger partial charge in [-0.05, 0) is 24.2 Å². The van der Waals surface area contributed by atoms with Gasteiger partial charge in [-0.3, -0.25) is 9.59 Å². The minimum absolute atomic E-state index is 0.0339. The normalized spacial score (nSPS) is 14.8. The maximum Gasteiger partial charge on any atom is 0.303 e. The maximum atomic E-state index is 11.6. The van der Waals surface area contributed by atoms with Crippen molar-refractivity contribution in [1.82, 2.24) is 5.32 Å². The van der Waals surface area contributed by atoms with Crippen molar-refractivity contribution in [3.63, 3.8) is 0 Å². The van der Waals surface area contributed by atoms with Gasteiger partial charge in [0, 0.05) is 25.4 Å². The predicted octanol–water partition coefficient (Wildman–Crippen LogP) is 1.61. The van der Waals surface area contributed by atoms with Crippen LogP contribution in [-0.2, 0) is 9.59 Å². The van der Waals surface area contributed by atoms with Crippen LogP contribution in [0, 0.1) is 17.3 Å². The smallest absolute Gasteiger partial charge is 0.303 e. The van der Waals surface area contributed by atoms with E-state index in [2.05, 4.69) is 26.1 Å². The minimum atomic E-state index is -0.768. The molecule has 5 nitrogen and oxygen atoms in total. The van der Waals surface area contributed by atoms with E-state index < -0.39 is 5.97 Å². The second-order valence-electron chi connectivity index (χ2n) is 6.21. The molecule has 2 atom stereocenters. The van der Waals surface area contributed by atoms with Gasteiger partial charge in [0.15, 0.2) is 0 Å². The molecule has 0 radical (unpaired) electrons. The number of carbonyl (C=O) groups excluding carboxylic acids is 1. The van der Waals surface area contributed by atoms with Crippen molar-refractivity contribution < 1.29 is 14.7 Å². The number of carbonyl (C=O) groups is 2. The first kappa shape index (κ1) is 17.9. The van der Waals surface area contributed by atoms with E-state index in [9.17, 15) is 9.59 Å². The fourth-order valence-electron chi connectivity index (χ4n) is 1.96. The highest BCUT2D eigenvalue weighted by Crippen LogP contribution is 2.32. The molecule has 112 valence electrons. The van der Waals surface area contributed by atoms with Crippen LogP contribution in [0.2, 0.25) is 0 Å². The van der Waals surface area contributed by atoms with E-state index in [1.54, 1.807) is 6.92 Å². The summed E-state index contributed by atoms with van der Waals surface area (Å²) in [6.45, 7) is 9.01. The molecule has 4 N–H and O–H groups in total. The zero-order valence-corrected chi connectivity index (χ0v) is 12.5. The topological polar surface area (TPSA) is 92.4 Å². The first-order valence-electron chi connectivity index (χ1n) is 6.88. The van der Waals surface area contributed by atoms with Gasteiger partial charge in [-0.2, -0.15) is 0 Å². The molecule has 1 amide bonds. The van der Waals surface area contributed by atoms with Gasteiger partial charge in [-0.15, -0.1) is 0 Å². The summed E-state index contributed by atoms with van der Waals surface area (Å²) in [6.07, 6.45) is 1.61. The second kappa shape index (κ2) is 8.15. The van der Waals surface area contributed by atoms with Crippen LogP contribution >= 0.6 is 0 Å². The molecular weight excluding hydrogens is 244 g/mol. The van der Waals surface area contributed by atoms with Crippen LogP contribution in [0.5, 0.6) is 0 Å². The Balaban J connectivity index is 4.20. The molecule has 0 aromatic rings. The summed E-state index contributed by atoms with van der Waals surface area (Å²) in [6, 6.07) is 0. The molecule has 5 heteroatoms. The zero-order chi connectivity index (χ0) is 15.1. The van der Waals surface area contributed by atoms with Gasteiger partial charge in [-0.1, -0.05) is 27.7 Å². The molecule has 0 aromatic carbocycles. The van der Waals surface area contributed by atoms with Crippen LogP contribution in [0.15, 0.2) is 0 Å². The number of hydrogen-bond acceptors (Lipinski definition) is 3. The number of rotatable bonds is 8. The molecule has 2 unspecified atom stereocenters. The standard InChI is InChI=1S/C14H28N2O3/c1-10(9-15)13(19)16-8-7-11(14(2,3)4)5-6-12(17)18/h10-11H,5-9,15H2,1-4H3,(H,16,19)(H,17,18). The van der Waals surface area contributed by atoms with Crippen LogP contribution in [0.4, 0.5) is 0 Å². The van der Waals surface area contributed by atoms with E-state index in [0.717, 1.165) is 6.42 Å².